The fraction of sp³-hybridized carbons (Fsp3) is 0.389. The summed E-state index contributed by atoms with van der Waals surface area (Å²) in [6, 6.07) is 9.74. The number of rotatable bonds is 7. The minimum atomic E-state index is -0.104. The number of nitrogens with one attached hydrogen (secondary N) is 1. The molecule has 1 N–H and O–H groups in total. The molecule has 1 atom stereocenters. The van der Waals surface area contributed by atoms with Gasteiger partial charge in [0.1, 0.15) is 11.5 Å². The molecule has 1 aromatic carbocycles. The Labute approximate surface area is 131 Å². The van der Waals surface area contributed by atoms with Gasteiger partial charge in [0.25, 0.3) is 5.91 Å². The Morgan fingerprint density at radius 3 is 2.82 bits per heavy atom. The smallest absolute Gasteiger partial charge is 0.258 e. The highest BCUT2D eigenvalue weighted by Crippen LogP contribution is 2.20. The molecule has 2 rings (SSSR count). The van der Waals surface area contributed by atoms with Gasteiger partial charge in [0.05, 0.1) is 6.26 Å². The van der Waals surface area contributed by atoms with Crippen molar-refractivity contribution in [2.75, 3.05) is 6.61 Å². The van der Waals surface area contributed by atoms with E-state index in [-0.39, 0.29) is 18.6 Å². The third-order valence-corrected chi connectivity index (χ3v) is 3.72. The van der Waals surface area contributed by atoms with Crippen molar-refractivity contribution >= 4 is 5.91 Å². The van der Waals surface area contributed by atoms with Crippen LogP contribution in [0.15, 0.2) is 41.0 Å². The minimum Gasteiger partial charge on any atom is -0.483 e. The Balaban J connectivity index is 1.74. The van der Waals surface area contributed by atoms with Gasteiger partial charge in [-0.25, -0.2) is 0 Å². The van der Waals surface area contributed by atoms with Gasteiger partial charge in [-0.3, -0.25) is 4.79 Å². The molecule has 4 heteroatoms. The van der Waals surface area contributed by atoms with Crippen LogP contribution in [-0.2, 0) is 11.2 Å². The van der Waals surface area contributed by atoms with E-state index in [4.69, 9.17) is 9.15 Å². The monoisotopic (exact) mass is 301 g/mol. The summed E-state index contributed by atoms with van der Waals surface area (Å²) < 4.78 is 10.9. The highest BCUT2D eigenvalue weighted by molar-refractivity contribution is 5.77. The van der Waals surface area contributed by atoms with Crippen LogP contribution in [0.2, 0.25) is 0 Å². The summed E-state index contributed by atoms with van der Waals surface area (Å²) in [5.41, 5.74) is 2.23. The van der Waals surface area contributed by atoms with Crippen molar-refractivity contribution in [1.82, 2.24) is 5.32 Å². The summed E-state index contributed by atoms with van der Waals surface area (Å²) in [5.74, 6) is 1.60. The number of hydrogen-bond acceptors (Lipinski definition) is 3. The quantitative estimate of drug-likeness (QED) is 0.852. The molecule has 2 aromatic rings. The molecule has 1 unspecified atom stereocenters. The first-order valence-electron chi connectivity index (χ1n) is 7.57. The maximum atomic E-state index is 11.9. The van der Waals surface area contributed by atoms with Gasteiger partial charge in [-0.1, -0.05) is 12.1 Å². The van der Waals surface area contributed by atoms with Crippen molar-refractivity contribution in [3.05, 3.63) is 53.5 Å². The molecular weight excluding hydrogens is 278 g/mol. The van der Waals surface area contributed by atoms with Crippen LogP contribution in [0.4, 0.5) is 0 Å². The maximum Gasteiger partial charge on any atom is 0.258 e. The Kier molecular flexibility index (Phi) is 5.64. The second kappa shape index (κ2) is 7.69. The fourth-order valence-corrected chi connectivity index (χ4v) is 2.23. The van der Waals surface area contributed by atoms with E-state index in [1.807, 2.05) is 51.1 Å². The highest BCUT2D eigenvalue weighted by atomic mass is 16.5. The van der Waals surface area contributed by atoms with Gasteiger partial charge in [0.15, 0.2) is 6.61 Å². The fourth-order valence-electron chi connectivity index (χ4n) is 2.23. The number of aryl methyl sites for hydroxylation is 2. The van der Waals surface area contributed by atoms with Crippen molar-refractivity contribution in [1.29, 1.82) is 0 Å². The first-order chi connectivity index (χ1) is 10.6. The van der Waals surface area contributed by atoms with Gasteiger partial charge >= 0.3 is 0 Å². The topological polar surface area (TPSA) is 51.5 Å². The van der Waals surface area contributed by atoms with Gasteiger partial charge in [0, 0.05) is 12.5 Å². The van der Waals surface area contributed by atoms with E-state index < -0.39 is 0 Å². The highest BCUT2D eigenvalue weighted by Gasteiger charge is 2.10. The van der Waals surface area contributed by atoms with Crippen LogP contribution in [0.3, 0.4) is 0 Å². The number of ether oxygens (including phenoxy) is 1. The van der Waals surface area contributed by atoms with Crippen LogP contribution in [0, 0.1) is 13.8 Å². The molecule has 1 heterocycles. The van der Waals surface area contributed by atoms with Gasteiger partial charge in [-0.2, -0.15) is 0 Å². The lowest BCUT2D eigenvalue weighted by Gasteiger charge is -2.15. The normalized spacial score (nSPS) is 12.0. The molecule has 0 radical (unpaired) electrons. The SMILES string of the molecule is Cc1cccc(OCC(=O)NC(C)CCc2ccco2)c1C. The first kappa shape index (κ1) is 16.1. The Bertz CT molecular complexity index is 605. The van der Waals surface area contributed by atoms with Crippen LogP contribution < -0.4 is 10.1 Å². The van der Waals surface area contributed by atoms with Crippen molar-refractivity contribution in [3.63, 3.8) is 0 Å². The number of amides is 1. The number of hydrogen-bond donors (Lipinski definition) is 1. The molecule has 22 heavy (non-hydrogen) atoms. The zero-order valence-corrected chi connectivity index (χ0v) is 13.4. The second-order valence-electron chi connectivity index (χ2n) is 5.57. The van der Waals surface area contributed by atoms with Gasteiger partial charge < -0.3 is 14.5 Å². The lowest BCUT2D eigenvalue weighted by atomic mass is 10.1. The van der Waals surface area contributed by atoms with Crippen molar-refractivity contribution < 1.29 is 13.9 Å². The second-order valence-corrected chi connectivity index (χ2v) is 5.57. The van der Waals surface area contributed by atoms with E-state index in [1.54, 1.807) is 6.26 Å². The summed E-state index contributed by atoms with van der Waals surface area (Å²) in [7, 11) is 0. The summed E-state index contributed by atoms with van der Waals surface area (Å²) in [5, 5.41) is 2.94. The summed E-state index contributed by atoms with van der Waals surface area (Å²) in [4.78, 5) is 11.9. The van der Waals surface area contributed by atoms with E-state index in [9.17, 15) is 4.79 Å². The van der Waals surface area contributed by atoms with Crippen molar-refractivity contribution in [2.45, 2.75) is 39.7 Å². The Morgan fingerprint density at radius 2 is 2.09 bits per heavy atom. The molecule has 0 fully saturated rings. The lowest BCUT2D eigenvalue weighted by molar-refractivity contribution is -0.123. The number of carbonyl (C=O) groups is 1. The lowest BCUT2D eigenvalue weighted by Crippen LogP contribution is -2.36. The maximum absolute atomic E-state index is 11.9. The zero-order chi connectivity index (χ0) is 15.9. The van der Waals surface area contributed by atoms with Crippen LogP contribution in [0.25, 0.3) is 0 Å². The van der Waals surface area contributed by atoms with Gasteiger partial charge in [-0.05, 0) is 56.5 Å². The average Bonchev–Trinajstić information content (AvgIpc) is 3.00. The van der Waals surface area contributed by atoms with Gasteiger partial charge in [0.2, 0.25) is 0 Å². The minimum absolute atomic E-state index is 0.0371. The largest absolute Gasteiger partial charge is 0.483 e. The van der Waals surface area contributed by atoms with Crippen molar-refractivity contribution in [3.8, 4) is 5.75 Å². The Morgan fingerprint density at radius 1 is 1.27 bits per heavy atom. The van der Waals surface area contributed by atoms with E-state index in [2.05, 4.69) is 5.32 Å². The third-order valence-electron chi connectivity index (χ3n) is 3.72. The summed E-state index contributed by atoms with van der Waals surface area (Å²) in [6.07, 6.45) is 3.31. The molecule has 0 aliphatic carbocycles. The van der Waals surface area contributed by atoms with E-state index in [1.165, 1.54) is 0 Å². The average molecular weight is 301 g/mol. The zero-order valence-electron chi connectivity index (χ0n) is 13.4. The predicted octanol–water partition coefficient (Wildman–Crippen LogP) is 3.41. The van der Waals surface area contributed by atoms with Gasteiger partial charge in [-0.15, -0.1) is 0 Å². The van der Waals surface area contributed by atoms with Crippen LogP contribution in [0.1, 0.15) is 30.2 Å². The number of benzene rings is 1. The molecule has 0 aliphatic heterocycles. The van der Waals surface area contributed by atoms with Crippen LogP contribution >= 0.6 is 0 Å². The molecule has 0 saturated carbocycles. The molecule has 1 aromatic heterocycles. The predicted molar refractivity (Wildman–Crippen MR) is 86.0 cm³/mol. The molecule has 0 aliphatic rings. The van der Waals surface area contributed by atoms with E-state index in [0.717, 1.165) is 35.5 Å². The molecule has 0 spiro atoms. The number of carbonyl (C=O) groups excluding carboxylic acids is 1. The van der Waals surface area contributed by atoms with Crippen molar-refractivity contribution in [2.24, 2.45) is 0 Å². The summed E-state index contributed by atoms with van der Waals surface area (Å²) in [6.45, 7) is 6.04. The third kappa shape index (κ3) is 4.65. The van der Waals surface area contributed by atoms with E-state index >= 15 is 0 Å². The van der Waals surface area contributed by atoms with Crippen LogP contribution in [-0.4, -0.2) is 18.6 Å². The molecule has 118 valence electrons. The molecule has 0 saturated heterocycles. The molecule has 1 amide bonds. The Hall–Kier alpha value is -2.23. The van der Waals surface area contributed by atoms with E-state index in [0.29, 0.717) is 0 Å². The standard InChI is InChI=1S/C18H23NO3/c1-13-6-4-8-17(15(13)3)22-12-18(20)19-14(2)9-10-16-7-5-11-21-16/h4-8,11,14H,9-10,12H2,1-3H3,(H,19,20). The molecule has 0 bridgehead atoms. The summed E-state index contributed by atoms with van der Waals surface area (Å²) >= 11 is 0. The number of furan rings is 1. The molecular formula is C18H23NO3. The van der Waals surface area contributed by atoms with Crippen LogP contribution in [0.5, 0.6) is 5.75 Å². The molecule has 4 nitrogen and oxygen atoms in total. The first-order valence-corrected chi connectivity index (χ1v) is 7.57.